The molecule has 142 valence electrons. The van der Waals surface area contributed by atoms with Crippen LogP contribution in [0.4, 0.5) is 5.13 Å². The molecule has 0 aliphatic heterocycles. The first-order chi connectivity index (χ1) is 12.7. The third-order valence-corrected chi connectivity index (χ3v) is 7.84. The number of hydrogen-bond acceptors (Lipinski definition) is 5. The van der Waals surface area contributed by atoms with Gasteiger partial charge in [0.1, 0.15) is 5.52 Å². The lowest BCUT2D eigenvalue weighted by Gasteiger charge is -2.08. The Hall–Kier alpha value is -1.67. The largest absolute Gasteiger partial charge is 0.302 e. The van der Waals surface area contributed by atoms with Gasteiger partial charge in [-0.3, -0.25) is 4.79 Å². The van der Waals surface area contributed by atoms with E-state index in [1.165, 1.54) is 23.5 Å². The molecule has 5 nitrogen and oxygen atoms in total. The van der Waals surface area contributed by atoms with E-state index in [9.17, 15) is 13.2 Å². The van der Waals surface area contributed by atoms with Crippen molar-refractivity contribution < 1.29 is 13.2 Å². The molecule has 0 saturated heterocycles. The van der Waals surface area contributed by atoms with Gasteiger partial charge in [0.25, 0.3) is 0 Å². The first kappa shape index (κ1) is 20.1. The second-order valence-corrected chi connectivity index (χ2v) is 10.5. The Morgan fingerprint density at radius 2 is 1.81 bits per heavy atom. The topological polar surface area (TPSA) is 76.1 Å². The predicted molar refractivity (Wildman–Crippen MR) is 111 cm³/mol. The summed E-state index contributed by atoms with van der Waals surface area (Å²) < 4.78 is 25.1. The number of thiazole rings is 1. The number of halogens is 2. The molecule has 1 heterocycles. The second-order valence-electron chi connectivity index (χ2n) is 6.19. The number of carbonyl (C=O) groups excluding carboxylic acids is 1. The minimum Gasteiger partial charge on any atom is -0.302 e. The molecule has 0 saturated carbocycles. The summed E-state index contributed by atoms with van der Waals surface area (Å²) in [6.07, 6.45) is 0.104. The van der Waals surface area contributed by atoms with E-state index in [0.29, 0.717) is 26.3 Å². The van der Waals surface area contributed by atoms with Gasteiger partial charge in [-0.25, -0.2) is 13.4 Å². The maximum absolute atomic E-state index is 12.3. The average molecular weight is 443 g/mol. The number of hydrogen-bond donors (Lipinski definition) is 1. The van der Waals surface area contributed by atoms with Gasteiger partial charge in [-0.2, -0.15) is 0 Å². The standard InChI is InChI=1S/C18H16Cl2N2O3S2/c1-10(2)27(24,25)12-5-3-11(4-6-12)9-15(23)21-18-22-17-14(26-18)8-7-13(19)16(17)20/h3-8,10H,9H2,1-2H3,(H,21,22,23). The molecular weight excluding hydrogens is 427 g/mol. The van der Waals surface area contributed by atoms with E-state index in [4.69, 9.17) is 23.2 Å². The van der Waals surface area contributed by atoms with Gasteiger partial charge >= 0.3 is 0 Å². The van der Waals surface area contributed by atoms with Crippen molar-refractivity contribution in [2.45, 2.75) is 30.4 Å². The van der Waals surface area contributed by atoms with Crippen molar-refractivity contribution in [3.63, 3.8) is 0 Å². The summed E-state index contributed by atoms with van der Waals surface area (Å²) >= 11 is 13.4. The number of carbonyl (C=O) groups is 1. The molecule has 0 radical (unpaired) electrons. The lowest BCUT2D eigenvalue weighted by molar-refractivity contribution is -0.115. The third-order valence-electron chi connectivity index (χ3n) is 3.94. The summed E-state index contributed by atoms with van der Waals surface area (Å²) in [6.45, 7) is 3.27. The van der Waals surface area contributed by atoms with Crippen LogP contribution in [0.2, 0.25) is 10.0 Å². The zero-order valence-corrected chi connectivity index (χ0v) is 17.6. The number of rotatable bonds is 5. The van der Waals surface area contributed by atoms with E-state index >= 15 is 0 Å². The van der Waals surface area contributed by atoms with Crippen LogP contribution in [0.3, 0.4) is 0 Å². The van der Waals surface area contributed by atoms with Gasteiger partial charge < -0.3 is 5.32 Å². The first-order valence-corrected chi connectivity index (χ1v) is 11.2. The van der Waals surface area contributed by atoms with Crippen LogP contribution < -0.4 is 5.32 Å². The van der Waals surface area contributed by atoms with Gasteiger partial charge in [-0.1, -0.05) is 46.7 Å². The van der Waals surface area contributed by atoms with Crippen LogP contribution in [-0.2, 0) is 21.1 Å². The Kier molecular flexibility index (Phi) is 5.76. The van der Waals surface area contributed by atoms with Crippen molar-refractivity contribution in [1.82, 2.24) is 4.98 Å². The second kappa shape index (κ2) is 7.75. The molecule has 0 bridgehead atoms. The Labute approximate surface area is 171 Å². The minimum absolute atomic E-state index is 0.104. The fourth-order valence-corrected chi connectivity index (χ4v) is 4.77. The van der Waals surface area contributed by atoms with Crippen LogP contribution in [0.25, 0.3) is 10.2 Å². The molecule has 1 amide bonds. The van der Waals surface area contributed by atoms with Gasteiger partial charge in [0, 0.05) is 0 Å². The van der Waals surface area contributed by atoms with Gasteiger partial charge in [-0.15, -0.1) is 0 Å². The molecule has 3 rings (SSSR count). The smallest absolute Gasteiger partial charge is 0.230 e. The number of nitrogens with zero attached hydrogens (tertiary/aromatic N) is 1. The van der Waals surface area contributed by atoms with E-state index in [0.717, 1.165) is 4.70 Å². The number of nitrogens with one attached hydrogen (secondary N) is 1. The maximum atomic E-state index is 12.3. The highest BCUT2D eigenvalue weighted by Gasteiger charge is 2.19. The molecule has 1 N–H and O–H groups in total. The number of benzene rings is 2. The van der Waals surface area contributed by atoms with Crippen LogP contribution in [0.5, 0.6) is 0 Å². The van der Waals surface area contributed by atoms with Crippen LogP contribution >= 0.6 is 34.5 Å². The summed E-state index contributed by atoms with van der Waals surface area (Å²) in [6, 6.07) is 9.82. The summed E-state index contributed by atoms with van der Waals surface area (Å²) in [5.41, 5.74) is 1.25. The van der Waals surface area contributed by atoms with Crippen molar-refractivity contribution >= 4 is 65.6 Å². The molecule has 2 aromatic carbocycles. The number of fused-ring (bicyclic) bond motifs is 1. The fraction of sp³-hybridized carbons (Fsp3) is 0.222. The number of amides is 1. The molecule has 0 atom stereocenters. The highest BCUT2D eigenvalue weighted by Crippen LogP contribution is 2.35. The Morgan fingerprint density at radius 3 is 2.44 bits per heavy atom. The summed E-state index contributed by atoms with van der Waals surface area (Å²) in [5.74, 6) is -0.254. The van der Waals surface area contributed by atoms with E-state index in [2.05, 4.69) is 10.3 Å². The van der Waals surface area contributed by atoms with Crippen LogP contribution in [0.15, 0.2) is 41.3 Å². The monoisotopic (exact) mass is 442 g/mol. The van der Waals surface area contributed by atoms with Gasteiger partial charge in [0.05, 0.1) is 31.3 Å². The zero-order valence-electron chi connectivity index (χ0n) is 14.5. The Balaban J connectivity index is 1.72. The van der Waals surface area contributed by atoms with E-state index in [1.807, 2.05) is 0 Å². The Morgan fingerprint density at radius 1 is 1.15 bits per heavy atom. The lowest BCUT2D eigenvalue weighted by Crippen LogP contribution is -2.15. The lowest BCUT2D eigenvalue weighted by atomic mass is 10.1. The van der Waals surface area contributed by atoms with E-state index in [1.54, 1.807) is 38.1 Å². The maximum Gasteiger partial charge on any atom is 0.230 e. The van der Waals surface area contributed by atoms with Crippen LogP contribution in [-0.4, -0.2) is 24.6 Å². The summed E-state index contributed by atoms with van der Waals surface area (Å²) in [7, 11) is -3.33. The molecule has 0 aliphatic rings. The predicted octanol–water partition coefficient (Wildman–Crippen LogP) is 4.97. The number of aromatic nitrogens is 1. The van der Waals surface area contributed by atoms with E-state index < -0.39 is 15.1 Å². The molecule has 0 unspecified atom stereocenters. The van der Waals surface area contributed by atoms with Crippen molar-refractivity contribution in [3.05, 3.63) is 52.0 Å². The van der Waals surface area contributed by atoms with Crippen molar-refractivity contribution in [1.29, 1.82) is 0 Å². The first-order valence-electron chi connectivity index (χ1n) is 8.05. The molecule has 3 aromatic rings. The molecule has 0 aliphatic carbocycles. The minimum atomic E-state index is -3.33. The normalized spacial score (nSPS) is 11.9. The molecule has 0 spiro atoms. The quantitative estimate of drug-likeness (QED) is 0.604. The molecule has 1 aromatic heterocycles. The molecular formula is C18H16Cl2N2O3S2. The van der Waals surface area contributed by atoms with Gasteiger partial charge in [0.15, 0.2) is 15.0 Å². The van der Waals surface area contributed by atoms with Gasteiger partial charge in [-0.05, 0) is 43.7 Å². The fourth-order valence-electron chi connectivity index (χ4n) is 2.41. The third kappa shape index (κ3) is 4.27. The van der Waals surface area contributed by atoms with Gasteiger partial charge in [0.2, 0.25) is 5.91 Å². The number of anilines is 1. The SMILES string of the molecule is CC(C)S(=O)(=O)c1ccc(CC(=O)Nc2nc3c(Cl)c(Cl)ccc3s2)cc1. The molecule has 0 fully saturated rings. The summed E-state index contributed by atoms with van der Waals surface area (Å²) in [4.78, 5) is 16.8. The van der Waals surface area contributed by atoms with E-state index in [-0.39, 0.29) is 17.2 Å². The zero-order chi connectivity index (χ0) is 19.8. The van der Waals surface area contributed by atoms with Crippen LogP contribution in [0.1, 0.15) is 19.4 Å². The van der Waals surface area contributed by atoms with Crippen molar-refractivity contribution in [3.8, 4) is 0 Å². The van der Waals surface area contributed by atoms with Crippen molar-refractivity contribution in [2.24, 2.45) is 0 Å². The average Bonchev–Trinajstić information content (AvgIpc) is 3.01. The molecule has 27 heavy (non-hydrogen) atoms. The highest BCUT2D eigenvalue weighted by atomic mass is 35.5. The highest BCUT2D eigenvalue weighted by molar-refractivity contribution is 7.92. The van der Waals surface area contributed by atoms with Crippen molar-refractivity contribution in [2.75, 3.05) is 5.32 Å². The summed E-state index contributed by atoms with van der Waals surface area (Å²) in [5, 5.41) is 3.43. The Bertz CT molecular complexity index is 1110. The van der Waals surface area contributed by atoms with Crippen LogP contribution in [0, 0.1) is 0 Å². The molecule has 9 heteroatoms. The number of sulfone groups is 1.